The molecule has 6 nitrogen and oxygen atoms in total. The summed E-state index contributed by atoms with van der Waals surface area (Å²) in [6, 6.07) is 0.569. The molecule has 1 N–H and O–H groups in total. The second kappa shape index (κ2) is 10.3. The first-order valence-corrected chi connectivity index (χ1v) is 11.4. The van der Waals surface area contributed by atoms with Crippen LogP contribution in [0.15, 0.2) is 0 Å². The SMILES string of the molecule is CC(=O)NC1CCC(C(=O)N2CCN(C3CCCCCCCC3)C(=O)C2)CC1. The smallest absolute Gasteiger partial charge is 0.242 e. The van der Waals surface area contributed by atoms with E-state index in [1.165, 1.54) is 38.5 Å². The van der Waals surface area contributed by atoms with Crippen LogP contribution >= 0.6 is 0 Å². The summed E-state index contributed by atoms with van der Waals surface area (Å²) < 4.78 is 0. The van der Waals surface area contributed by atoms with Crippen LogP contribution in [0.2, 0.25) is 0 Å². The van der Waals surface area contributed by atoms with Crippen LogP contribution in [0.4, 0.5) is 0 Å². The topological polar surface area (TPSA) is 69.7 Å². The van der Waals surface area contributed by atoms with Crippen LogP contribution in [0.3, 0.4) is 0 Å². The lowest BCUT2D eigenvalue weighted by atomic mass is 9.85. The Hall–Kier alpha value is -1.59. The Bertz CT molecular complexity index is 547. The molecule has 0 aromatic heterocycles. The van der Waals surface area contributed by atoms with E-state index in [-0.39, 0.29) is 36.2 Å². The predicted octanol–water partition coefficient (Wildman–Crippen LogP) is 2.86. The third-order valence-corrected chi connectivity index (χ3v) is 6.82. The average Bonchev–Trinajstić information content (AvgIpc) is 2.81. The zero-order chi connectivity index (χ0) is 19.9. The molecule has 0 aromatic rings. The molecule has 1 aliphatic heterocycles. The van der Waals surface area contributed by atoms with E-state index in [2.05, 4.69) is 10.2 Å². The van der Waals surface area contributed by atoms with E-state index in [0.717, 1.165) is 38.5 Å². The molecule has 0 atom stereocenters. The average molecular weight is 392 g/mol. The monoisotopic (exact) mass is 391 g/mol. The van der Waals surface area contributed by atoms with Gasteiger partial charge in [-0.15, -0.1) is 0 Å². The van der Waals surface area contributed by atoms with Crippen LogP contribution in [0, 0.1) is 5.92 Å². The first-order valence-electron chi connectivity index (χ1n) is 11.4. The highest BCUT2D eigenvalue weighted by Crippen LogP contribution is 2.28. The minimum absolute atomic E-state index is 0.00131. The molecule has 3 rings (SSSR count). The summed E-state index contributed by atoms with van der Waals surface area (Å²) in [5, 5.41) is 2.96. The number of hydrogen-bond acceptors (Lipinski definition) is 3. The van der Waals surface area contributed by atoms with E-state index in [9.17, 15) is 14.4 Å². The number of rotatable bonds is 3. The van der Waals surface area contributed by atoms with Gasteiger partial charge < -0.3 is 15.1 Å². The van der Waals surface area contributed by atoms with Crippen molar-refractivity contribution in [1.29, 1.82) is 0 Å². The molecule has 3 aliphatic rings. The van der Waals surface area contributed by atoms with E-state index in [0.29, 0.717) is 19.1 Å². The Kier molecular flexibility index (Phi) is 7.74. The minimum Gasteiger partial charge on any atom is -0.354 e. The van der Waals surface area contributed by atoms with Gasteiger partial charge in [-0.3, -0.25) is 14.4 Å². The van der Waals surface area contributed by atoms with Crippen molar-refractivity contribution in [2.75, 3.05) is 19.6 Å². The van der Waals surface area contributed by atoms with E-state index in [4.69, 9.17) is 0 Å². The highest BCUT2D eigenvalue weighted by atomic mass is 16.2. The van der Waals surface area contributed by atoms with Crippen LogP contribution in [0.25, 0.3) is 0 Å². The Morgan fingerprint density at radius 1 is 0.857 bits per heavy atom. The van der Waals surface area contributed by atoms with Gasteiger partial charge in [-0.25, -0.2) is 0 Å². The summed E-state index contributed by atoms with van der Waals surface area (Å²) in [7, 11) is 0. The fraction of sp³-hybridized carbons (Fsp3) is 0.864. The van der Waals surface area contributed by atoms with Gasteiger partial charge in [0.05, 0.1) is 6.54 Å². The molecule has 1 heterocycles. The van der Waals surface area contributed by atoms with Gasteiger partial charge in [-0.05, 0) is 38.5 Å². The molecule has 6 heteroatoms. The standard InChI is InChI=1S/C22H37N3O3/c1-17(26)23-19-12-10-18(11-13-19)22(28)24-14-15-25(21(27)16-24)20-8-6-4-2-3-5-7-9-20/h18-20H,2-16H2,1H3,(H,23,26). The Labute approximate surface area is 169 Å². The predicted molar refractivity (Wildman–Crippen MR) is 109 cm³/mol. The van der Waals surface area contributed by atoms with Gasteiger partial charge in [0, 0.05) is 38.0 Å². The second-order valence-corrected chi connectivity index (χ2v) is 8.95. The first-order chi connectivity index (χ1) is 13.5. The van der Waals surface area contributed by atoms with E-state index in [1.54, 1.807) is 11.8 Å². The summed E-state index contributed by atoms with van der Waals surface area (Å²) in [6.45, 7) is 3.16. The number of carbonyl (C=O) groups is 3. The summed E-state index contributed by atoms with van der Waals surface area (Å²) in [6.07, 6.45) is 13.2. The third-order valence-electron chi connectivity index (χ3n) is 6.82. The van der Waals surface area contributed by atoms with Crippen LogP contribution in [-0.4, -0.2) is 59.2 Å². The summed E-state index contributed by atoms with van der Waals surface area (Å²) in [5.41, 5.74) is 0. The Balaban J connectivity index is 1.48. The maximum Gasteiger partial charge on any atom is 0.242 e. The third kappa shape index (κ3) is 5.71. The molecule has 0 aromatic carbocycles. The molecule has 1 saturated heterocycles. The summed E-state index contributed by atoms with van der Waals surface area (Å²) in [5.74, 6) is 0.287. The molecule has 158 valence electrons. The van der Waals surface area contributed by atoms with Crippen LogP contribution < -0.4 is 5.32 Å². The number of nitrogens with one attached hydrogen (secondary N) is 1. The van der Waals surface area contributed by atoms with Gasteiger partial charge in [0.25, 0.3) is 0 Å². The molecular weight excluding hydrogens is 354 g/mol. The quantitative estimate of drug-likeness (QED) is 0.804. The highest BCUT2D eigenvalue weighted by molar-refractivity contribution is 5.87. The molecule has 2 aliphatic carbocycles. The fourth-order valence-electron chi connectivity index (χ4n) is 5.21. The van der Waals surface area contributed by atoms with Crippen LogP contribution in [0.1, 0.15) is 84.0 Å². The number of hydrogen-bond donors (Lipinski definition) is 1. The molecule has 0 bridgehead atoms. The number of carbonyl (C=O) groups excluding carboxylic acids is 3. The normalized spacial score (nSPS) is 28.2. The maximum atomic E-state index is 12.9. The lowest BCUT2D eigenvalue weighted by Crippen LogP contribution is -2.56. The Morgan fingerprint density at radius 3 is 2.04 bits per heavy atom. The van der Waals surface area contributed by atoms with Crippen LogP contribution in [-0.2, 0) is 14.4 Å². The zero-order valence-electron chi connectivity index (χ0n) is 17.5. The summed E-state index contributed by atoms with van der Waals surface area (Å²) >= 11 is 0. The van der Waals surface area contributed by atoms with Gasteiger partial charge >= 0.3 is 0 Å². The molecular formula is C22H37N3O3. The Morgan fingerprint density at radius 2 is 1.46 bits per heavy atom. The van der Waals surface area contributed by atoms with Crippen molar-refractivity contribution in [3.05, 3.63) is 0 Å². The van der Waals surface area contributed by atoms with Gasteiger partial charge in [0.15, 0.2) is 0 Å². The van der Waals surface area contributed by atoms with E-state index in [1.807, 2.05) is 0 Å². The van der Waals surface area contributed by atoms with Crippen molar-refractivity contribution in [3.8, 4) is 0 Å². The lowest BCUT2D eigenvalue weighted by molar-refractivity contribution is -0.150. The second-order valence-electron chi connectivity index (χ2n) is 8.95. The van der Waals surface area contributed by atoms with Crippen molar-refractivity contribution in [3.63, 3.8) is 0 Å². The van der Waals surface area contributed by atoms with Crippen molar-refractivity contribution in [2.45, 2.75) is 96.1 Å². The van der Waals surface area contributed by atoms with Crippen LogP contribution in [0.5, 0.6) is 0 Å². The molecule has 3 fully saturated rings. The molecule has 0 radical (unpaired) electrons. The van der Waals surface area contributed by atoms with Gasteiger partial charge in [-0.1, -0.05) is 38.5 Å². The van der Waals surface area contributed by atoms with Gasteiger partial charge in [0.1, 0.15) is 0 Å². The fourth-order valence-corrected chi connectivity index (χ4v) is 5.21. The largest absolute Gasteiger partial charge is 0.354 e. The number of nitrogens with zero attached hydrogens (tertiary/aromatic N) is 2. The zero-order valence-corrected chi connectivity index (χ0v) is 17.5. The lowest BCUT2D eigenvalue weighted by Gasteiger charge is -2.41. The molecule has 0 spiro atoms. The highest BCUT2D eigenvalue weighted by Gasteiger charge is 2.35. The molecule has 28 heavy (non-hydrogen) atoms. The number of piperazine rings is 1. The van der Waals surface area contributed by atoms with E-state index < -0.39 is 0 Å². The minimum atomic E-state index is 0.00131. The number of amides is 3. The first kappa shape index (κ1) is 21.1. The van der Waals surface area contributed by atoms with E-state index >= 15 is 0 Å². The van der Waals surface area contributed by atoms with Gasteiger partial charge in [0.2, 0.25) is 17.7 Å². The van der Waals surface area contributed by atoms with Crippen molar-refractivity contribution < 1.29 is 14.4 Å². The van der Waals surface area contributed by atoms with Crippen molar-refractivity contribution in [2.24, 2.45) is 5.92 Å². The molecule has 3 amide bonds. The summed E-state index contributed by atoms with van der Waals surface area (Å²) in [4.78, 5) is 40.8. The van der Waals surface area contributed by atoms with Crippen molar-refractivity contribution in [1.82, 2.24) is 15.1 Å². The molecule has 0 unspecified atom stereocenters. The van der Waals surface area contributed by atoms with Gasteiger partial charge in [-0.2, -0.15) is 0 Å². The van der Waals surface area contributed by atoms with Crippen molar-refractivity contribution >= 4 is 17.7 Å². The molecule has 2 saturated carbocycles. The maximum absolute atomic E-state index is 12.9.